The molecule has 8 nitrogen and oxygen atoms in total. The maximum absolute atomic E-state index is 12.9. The normalized spacial score (nSPS) is 10.7. The highest BCUT2D eigenvalue weighted by molar-refractivity contribution is 7.92. The van der Waals surface area contributed by atoms with Gasteiger partial charge in [0.2, 0.25) is 0 Å². The molecule has 10 heteroatoms. The smallest absolute Gasteiger partial charge is 0.337 e. The second kappa shape index (κ2) is 10.2. The van der Waals surface area contributed by atoms with Gasteiger partial charge in [-0.1, -0.05) is 24.3 Å². The molecule has 0 spiro atoms. The maximum atomic E-state index is 12.9. The monoisotopic (exact) mass is 483 g/mol. The lowest BCUT2D eigenvalue weighted by atomic mass is 10.1. The lowest BCUT2D eigenvalue weighted by Gasteiger charge is -2.19. The van der Waals surface area contributed by atoms with Gasteiger partial charge in [0.1, 0.15) is 0 Å². The Morgan fingerprint density at radius 1 is 0.909 bits per heavy atom. The number of amides is 1. The van der Waals surface area contributed by atoms with Gasteiger partial charge in [-0.25, -0.2) is 13.2 Å². The van der Waals surface area contributed by atoms with Crippen LogP contribution in [0.5, 0.6) is 0 Å². The van der Waals surface area contributed by atoms with Gasteiger partial charge in [-0.15, -0.1) is 0 Å². The summed E-state index contributed by atoms with van der Waals surface area (Å²) in [6.45, 7) is 0. The number of para-hydroxylation sites is 1. The van der Waals surface area contributed by atoms with Gasteiger partial charge < -0.3 is 10.1 Å². The summed E-state index contributed by atoms with van der Waals surface area (Å²) in [7, 11) is -1.00. The van der Waals surface area contributed by atoms with Crippen LogP contribution in [0.15, 0.2) is 83.8 Å². The molecule has 0 bridgehead atoms. The predicted octanol–water partition coefficient (Wildman–Crippen LogP) is 3.43. The van der Waals surface area contributed by atoms with E-state index in [1.807, 2.05) is 6.07 Å². The van der Waals surface area contributed by atoms with E-state index in [2.05, 4.69) is 15.4 Å². The van der Waals surface area contributed by atoms with Gasteiger partial charge in [0.15, 0.2) is 5.11 Å². The summed E-state index contributed by atoms with van der Waals surface area (Å²) in [5.41, 5.74) is 1.50. The topological polar surface area (TPSA) is 105 Å². The van der Waals surface area contributed by atoms with Crippen molar-refractivity contribution in [3.05, 3.63) is 90.0 Å². The van der Waals surface area contributed by atoms with E-state index in [0.717, 1.165) is 0 Å². The van der Waals surface area contributed by atoms with Crippen LogP contribution in [0.25, 0.3) is 0 Å². The Balaban J connectivity index is 1.66. The first-order chi connectivity index (χ1) is 15.7. The SMILES string of the molecule is COC(=O)c1cccc(C(=O)NC(=S)Nc2ccc(S(=O)(=O)N(C)c3ccccc3)cc2)c1. The molecule has 0 aliphatic heterocycles. The Kier molecular flexibility index (Phi) is 7.41. The molecule has 0 aliphatic carbocycles. The van der Waals surface area contributed by atoms with Crippen molar-refractivity contribution in [2.75, 3.05) is 23.8 Å². The number of carbonyl (C=O) groups is 2. The lowest BCUT2D eigenvalue weighted by Crippen LogP contribution is -2.34. The number of hydrogen-bond donors (Lipinski definition) is 2. The molecular weight excluding hydrogens is 462 g/mol. The lowest BCUT2D eigenvalue weighted by molar-refractivity contribution is 0.0600. The van der Waals surface area contributed by atoms with Crippen molar-refractivity contribution in [3.8, 4) is 0 Å². The minimum absolute atomic E-state index is 0.0143. The van der Waals surface area contributed by atoms with Crippen molar-refractivity contribution in [2.24, 2.45) is 0 Å². The number of hydrogen-bond acceptors (Lipinski definition) is 6. The second-order valence-electron chi connectivity index (χ2n) is 6.81. The number of nitrogens with zero attached hydrogens (tertiary/aromatic N) is 1. The van der Waals surface area contributed by atoms with Crippen molar-refractivity contribution in [3.63, 3.8) is 0 Å². The first-order valence-electron chi connectivity index (χ1n) is 9.67. The Morgan fingerprint density at radius 2 is 1.55 bits per heavy atom. The molecule has 3 aromatic rings. The number of methoxy groups -OCH3 is 1. The number of thiocarbonyl (C=S) groups is 1. The maximum Gasteiger partial charge on any atom is 0.337 e. The zero-order valence-corrected chi connectivity index (χ0v) is 19.4. The average Bonchev–Trinajstić information content (AvgIpc) is 2.83. The average molecular weight is 484 g/mol. The van der Waals surface area contributed by atoms with Gasteiger partial charge in [0, 0.05) is 18.3 Å². The molecule has 0 aliphatic rings. The van der Waals surface area contributed by atoms with Crippen LogP contribution in [0, 0.1) is 0 Å². The van der Waals surface area contributed by atoms with Crippen molar-refractivity contribution in [1.82, 2.24) is 5.32 Å². The third-order valence-corrected chi connectivity index (χ3v) is 6.67. The summed E-state index contributed by atoms with van der Waals surface area (Å²) in [6.07, 6.45) is 0. The third kappa shape index (κ3) is 5.73. The number of benzene rings is 3. The fourth-order valence-corrected chi connectivity index (χ4v) is 4.29. The Labute approximate surface area is 197 Å². The summed E-state index contributed by atoms with van der Waals surface area (Å²) >= 11 is 5.17. The van der Waals surface area contributed by atoms with Crippen LogP contribution >= 0.6 is 12.2 Å². The zero-order valence-electron chi connectivity index (χ0n) is 17.8. The molecule has 0 fully saturated rings. The standard InChI is InChI=1S/C23H21N3O5S2/c1-26(19-9-4-3-5-10-19)33(29,30)20-13-11-18(12-14-20)24-23(32)25-21(27)16-7-6-8-17(15-16)22(28)31-2/h3-15H,1-2H3,(H2,24,25,27,32). The molecule has 1 amide bonds. The van der Waals surface area contributed by atoms with Crippen LogP contribution in [-0.4, -0.2) is 39.6 Å². The van der Waals surface area contributed by atoms with Crippen LogP contribution in [0.4, 0.5) is 11.4 Å². The first-order valence-corrected chi connectivity index (χ1v) is 11.5. The minimum atomic E-state index is -3.74. The van der Waals surface area contributed by atoms with Crippen LogP contribution in [-0.2, 0) is 14.8 Å². The van der Waals surface area contributed by atoms with E-state index in [9.17, 15) is 18.0 Å². The summed E-state index contributed by atoms with van der Waals surface area (Å²) in [4.78, 5) is 24.2. The minimum Gasteiger partial charge on any atom is -0.465 e. The van der Waals surface area contributed by atoms with Crippen LogP contribution in [0.2, 0.25) is 0 Å². The second-order valence-corrected chi connectivity index (χ2v) is 9.19. The van der Waals surface area contributed by atoms with E-state index in [1.54, 1.807) is 42.5 Å². The molecule has 3 aromatic carbocycles. The quantitative estimate of drug-likeness (QED) is 0.409. The summed E-state index contributed by atoms with van der Waals surface area (Å²) < 4.78 is 31.6. The number of carbonyl (C=O) groups excluding carboxylic acids is 2. The van der Waals surface area contributed by atoms with E-state index in [1.165, 1.54) is 48.8 Å². The van der Waals surface area contributed by atoms with Crippen molar-refractivity contribution in [1.29, 1.82) is 0 Å². The number of esters is 1. The van der Waals surface area contributed by atoms with Gasteiger partial charge >= 0.3 is 5.97 Å². The number of nitrogens with one attached hydrogen (secondary N) is 2. The van der Waals surface area contributed by atoms with E-state index in [-0.39, 0.29) is 21.1 Å². The molecule has 0 atom stereocenters. The van der Waals surface area contributed by atoms with E-state index >= 15 is 0 Å². The highest BCUT2D eigenvalue weighted by Crippen LogP contribution is 2.22. The molecule has 0 unspecified atom stereocenters. The fourth-order valence-electron chi connectivity index (χ4n) is 2.89. The highest BCUT2D eigenvalue weighted by atomic mass is 32.2. The fraction of sp³-hybridized carbons (Fsp3) is 0.0870. The van der Waals surface area contributed by atoms with Crippen molar-refractivity contribution in [2.45, 2.75) is 4.90 Å². The van der Waals surface area contributed by atoms with E-state index < -0.39 is 21.9 Å². The van der Waals surface area contributed by atoms with Gasteiger partial charge in [-0.2, -0.15) is 0 Å². The molecule has 0 saturated carbocycles. The van der Waals surface area contributed by atoms with Gasteiger partial charge in [-0.3, -0.25) is 14.4 Å². The molecule has 0 heterocycles. The molecular formula is C23H21N3O5S2. The molecule has 170 valence electrons. The predicted molar refractivity (Wildman–Crippen MR) is 130 cm³/mol. The Hall–Kier alpha value is -3.76. The Bertz CT molecular complexity index is 1280. The molecule has 3 rings (SSSR count). The van der Waals surface area contributed by atoms with Crippen molar-refractivity contribution < 1.29 is 22.7 Å². The molecule has 0 saturated heterocycles. The largest absolute Gasteiger partial charge is 0.465 e. The molecule has 0 aromatic heterocycles. The molecule has 0 radical (unpaired) electrons. The number of anilines is 2. The van der Waals surface area contributed by atoms with Gasteiger partial charge in [0.25, 0.3) is 15.9 Å². The summed E-state index contributed by atoms with van der Waals surface area (Å²) in [6, 6.07) is 20.7. The van der Waals surface area contributed by atoms with Crippen LogP contribution in [0.3, 0.4) is 0 Å². The highest BCUT2D eigenvalue weighted by Gasteiger charge is 2.21. The summed E-state index contributed by atoms with van der Waals surface area (Å²) in [5.74, 6) is -1.07. The van der Waals surface area contributed by atoms with E-state index in [4.69, 9.17) is 12.2 Å². The van der Waals surface area contributed by atoms with E-state index in [0.29, 0.717) is 11.4 Å². The number of sulfonamides is 1. The summed E-state index contributed by atoms with van der Waals surface area (Å²) in [5, 5.41) is 5.36. The third-order valence-electron chi connectivity index (χ3n) is 4.66. The van der Waals surface area contributed by atoms with Crippen LogP contribution < -0.4 is 14.9 Å². The first kappa shape index (κ1) is 23.9. The van der Waals surface area contributed by atoms with Crippen molar-refractivity contribution >= 4 is 50.6 Å². The molecule has 2 N–H and O–H groups in total. The van der Waals surface area contributed by atoms with Gasteiger partial charge in [0.05, 0.1) is 23.3 Å². The number of rotatable bonds is 6. The number of ether oxygens (including phenoxy) is 1. The zero-order chi connectivity index (χ0) is 24.0. The van der Waals surface area contributed by atoms with Gasteiger partial charge in [-0.05, 0) is 66.8 Å². The Morgan fingerprint density at radius 3 is 2.18 bits per heavy atom. The van der Waals surface area contributed by atoms with Crippen LogP contribution in [0.1, 0.15) is 20.7 Å². The molecule has 33 heavy (non-hydrogen) atoms.